The van der Waals surface area contributed by atoms with E-state index in [9.17, 15) is 4.79 Å². The molecule has 2 atom stereocenters. The van der Waals surface area contributed by atoms with Crippen LogP contribution in [0.1, 0.15) is 33.1 Å². The van der Waals surface area contributed by atoms with Crippen molar-refractivity contribution in [1.29, 1.82) is 0 Å². The second-order valence-electron chi connectivity index (χ2n) is 5.24. The number of hydrogen-bond donors (Lipinski definition) is 1. The molecule has 100 valence electrons. The summed E-state index contributed by atoms with van der Waals surface area (Å²) in [4.78, 5) is 16.1. The fourth-order valence-electron chi connectivity index (χ4n) is 2.17. The number of likely N-dealkylation sites (N-methyl/N-ethyl adjacent to an activating group) is 2. The first-order chi connectivity index (χ1) is 8.04. The summed E-state index contributed by atoms with van der Waals surface area (Å²) in [6.07, 6.45) is 3.53. The monoisotopic (exact) mass is 241 g/mol. The molecule has 1 rings (SSSR count). The van der Waals surface area contributed by atoms with Gasteiger partial charge in [0.25, 0.3) is 0 Å². The molecule has 0 aromatic carbocycles. The molecule has 0 saturated carbocycles. The summed E-state index contributed by atoms with van der Waals surface area (Å²) in [5, 5.41) is 3.24. The zero-order valence-electron chi connectivity index (χ0n) is 11.7. The lowest BCUT2D eigenvalue weighted by Crippen LogP contribution is -2.44. The van der Waals surface area contributed by atoms with Gasteiger partial charge in [-0.05, 0) is 39.8 Å². The topological polar surface area (TPSA) is 35.6 Å². The van der Waals surface area contributed by atoms with Crippen molar-refractivity contribution in [1.82, 2.24) is 15.1 Å². The van der Waals surface area contributed by atoms with E-state index in [4.69, 9.17) is 0 Å². The summed E-state index contributed by atoms with van der Waals surface area (Å²) in [5.41, 5.74) is 0. The highest BCUT2D eigenvalue weighted by Gasteiger charge is 2.23. The third kappa shape index (κ3) is 4.64. The maximum atomic E-state index is 11.9. The van der Waals surface area contributed by atoms with E-state index in [1.54, 1.807) is 0 Å². The Hall–Kier alpha value is -0.610. The minimum Gasteiger partial charge on any atom is -0.343 e. The number of nitrogens with one attached hydrogen (secondary N) is 1. The highest BCUT2D eigenvalue weighted by Crippen LogP contribution is 2.15. The minimum atomic E-state index is 0.200. The number of amides is 1. The Bertz CT molecular complexity index is 245. The SMILES string of the molecule is CCC(C)NCC(=O)N(C)CC1CCCN1C. The smallest absolute Gasteiger partial charge is 0.236 e. The zero-order chi connectivity index (χ0) is 12.8. The predicted molar refractivity (Wildman–Crippen MR) is 71.0 cm³/mol. The van der Waals surface area contributed by atoms with Crippen LogP contribution in [0, 0.1) is 0 Å². The van der Waals surface area contributed by atoms with Gasteiger partial charge in [-0.3, -0.25) is 4.79 Å². The van der Waals surface area contributed by atoms with E-state index in [0.29, 0.717) is 18.6 Å². The molecule has 1 aliphatic heterocycles. The molecule has 1 fully saturated rings. The van der Waals surface area contributed by atoms with Gasteiger partial charge in [0, 0.05) is 25.7 Å². The Morgan fingerprint density at radius 1 is 1.59 bits per heavy atom. The first-order valence-electron chi connectivity index (χ1n) is 6.72. The second-order valence-corrected chi connectivity index (χ2v) is 5.24. The highest BCUT2D eigenvalue weighted by molar-refractivity contribution is 5.78. The lowest BCUT2D eigenvalue weighted by atomic mass is 10.2. The summed E-state index contributed by atoms with van der Waals surface area (Å²) in [6.45, 7) is 6.72. The molecule has 4 heteroatoms. The van der Waals surface area contributed by atoms with Gasteiger partial charge in [-0.15, -0.1) is 0 Å². The molecule has 1 heterocycles. The predicted octanol–water partition coefficient (Wildman–Crippen LogP) is 0.927. The van der Waals surface area contributed by atoms with Gasteiger partial charge in [0.2, 0.25) is 5.91 Å². The van der Waals surface area contributed by atoms with Gasteiger partial charge in [-0.2, -0.15) is 0 Å². The van der Waals surface area contributed by atoms with Gasteiger partial charge >= 0.3 is 0 Å². The first kappa shape index (κ1) is 14.5. The maximum absolute atomic E-state index is 11.9. The molecule has 1 saturated heterocycles. The normalized spacial score (nSPS) is 22.7. The minimum absolute atomic E-state index is 0.200. The van der Waals surface area contributed by atoms with E-state index in [1.165, 1.54) is 12.8 Å². The van der Waals surface area contributed by atoms with Crippen molar-refractivity contribution in [2.45, 2.75) is 45.2 Å². The molecule has 17 heavy (non-hydrogen) atoms. The quantitative estimate of drug-likeness (QED) is 0.751. The summed E-state index contributed by atoms with van der Waals surface area (Å²) in [7, 11) is 4.06. The summed E-state index contributed by atoms with van der Waals surface area (Å²) in [5.74, 6) is 0.200. The van der Waals surface area contributed by atoms with Gasteiger partial charge < -0.3 is 15.1 Å². The van der Waals surface area contributed by atoms with E-state index in [2.05, 4.69) is 31.1 Å². The zero-order valence-corrected chi connectivity index (χ0v) is 11.7. The average Bonchev–Trinajstić information content (AvgIpc) is 2.71. The summed E-state index contributed by atoms with van der Waals surface area (Å²) in [6, 6.07) is 0.967. The highest BCUT2D eigenvalue weighted by atomic mass is 16.2. The van der Waals surface area contributed by atoms with E-state index in [1.807, 2.05) is 11.9 Å². The standard InChI is InChI=1S/C13H27N3O/c1-5-11(2)14-9-13(17)16(4)10-12-7-6-8-15(12)3/h11-12,14H,5-10H2,1-4H3. The molecule has 0 aliphatic carbocycles. The van der Waals surface area contributed by atoms with E-state index >= 15 is 0 Å². The van der Waals surface area contributed by atoms with E-state index in [-0.39, 0.29) is 5.91 Å². The number of carbonyl (C=O) groups is 1. The third-order valence-corrected chi connectivity index (χ3v) is 3.80. The van der Waals surface area contributed by atoms with Crippen molar-refractivity contribution in [3.63, 3.8) is 0 Å². The average molecular weight is 241 g/mol. The molecule has 1 aliphatic rings. The molecule has 0 spiro atoms. The van der Waals surface area contributed by atoms with Crippen molar-refractivity contribution in [2.75, 3.05) is 33.7 Å². The maximum Gasteiger partial charge on any atom is 0.236 e. The van der Waals surface area contributed by atoms with Crippen LogP contribution in [0.3, 0.4) is 0 Å². The van der Waals surface area contributed by atoms with Crippen molar-refractivity contribution in [3.8, 4) is 0 Å². The van der Waals surface area contributed by atoms with E-state index < -0.39 is 0 Å². The molecule has 1 amide bonds. The second kappa shape index (κ2) is 6.97. The van der Waals surface area contributed by atoms with Crippen molar-refractivity contribution in [3.05, 3.63) is 0 Å². The fraction of sp³-hybridized carbons (Fsp3) is 0.923. The lowest BCUT2D eigenvalue weighted by Gasteiger charge is -2.26. The van der Waals surface area contributed by atoms with Crippen molar-refractivity contribution >= 4 is 5.91 Å². The molecule has 0 aromatic heterocycles. The summed E-state index contributed by atoms with van der Waals surface area (Å²) >= 11 is 0. The van der Waals surface area contributed by atoms with Crippen LogP contribution in [0.15, 0.2) is 0 Å². The Balaban J connectivity index is 2.26. The van der Waals surface area contributed by atoms with Gasteiger partial charge in [0.1, 0.15) is 0 Å². The molecule has 1 N–H and O–H groups in total. The Labute approximate surface area is 105 Å². The van der Waals surface area contributed by atoms with Crippen LogP contribution in [0.5, 0.6) is 0 Å². The van der Waals surface area contributed by atoms with Crippen molar-refractivity contribution < 1.29 is 4.79 Å². The number of nitrogens with zero attached hydrogens (tertiary/aromatic N) is 2. The van der Waals surface area contributed by atoms with Gasteiger partial charge in [0.05, 0.1) is 6.54 Å². The Kier molecular flexibility index (Phi) is 5.92. The van der Waals surface area contributed by atoms with E-state index in [0.717, 1.165) is 19.5 Å². The number of carbonyl (C=O) groups excluding carboxylic acids is 1. The van der Waals surface area contributed by atoms with Crippen LogP contribution in [0.4, 0.5) is 0 Å². The van der Waals surface area contributed by atoms with Crippen LogP contribution in [0.25, 0.3) is 0 Å². The van der Waals surface area contributed by atoms with Crippen LogP contribution >= 0.6 is 0 Å². The van der Waals surface area contributed by atoms with Gasteiger partial charge in [-0.25, -0.2) is 0 Å². The Morgan fingerprint density at radius 2 is 2.29 bits per heavy atom. The molecular weight excluding hydrogens is 214 g/mol. The number of rotatable bonds is 6. The molecule has 4 nitrogen and oxygen atoms in total. The largest absolute Gasteiger partial charge is 0.343 e. The van der Waals surface area contributed by atoms with Crippen molar-refractivity contribution in [2.24, 2.45) is 0 Å². The lowest BCUT2D eigenvalue weighted by molar-refractivity contribution is -0.129. The number of hydrogen-bond acceptors (Lipinski definition) is 3. The van der Waals surface area contributed by atoms with Crippen LogP contribution in [-0.4, -0.2) is 61.5 Å². The Morgan fingerprint density at radius 3 is 2.82 bits per heavy atom. The fourth-order valence-corrected chi connectivity index (χ4v) is 2.17. The van der Waals surface area contributed by atoms with Gasteiger partial charge in [0.15, 0.2) is 0 Å². The molecular formula is C13H27N3O. The molecule has 0 bridgehead atoms. The molecule has 0 radical (unpaired) electrons. The number of likely N-dealkylation sites (tertiary alicyclic amines) is 1. The molecule has 0 aromatic rings. The van der Waals surface area contributed by atoms with Crippen LogP contribution in [-0.2, 0) is 4.79 Å². The third-order valence-electron chi connectivity index (χ3n) is 3.80. The van der Waals surface area contributed by atoms with Crippen LogP contribution in [0.2, 0.25) is 0 Å². The molecule has 2 unspecified atom stereocenters. The first-order valence-corrected chi connectivity index (χ1v) is 6.72. The summed E-state index contributed by atoms with van der Waals surface area (Å²) < 4.78 is 0. The van der Waals surface area contributed by atoms with Gasteiger partial charge in [-0.1, -0.05) is 6.92 Å². The van der Waals surface area contributed by atoms with Crippen LogP contribution < -0.4 is 5.32 Å².